The Morgan fingerprint density at radius 1 is 1.17 bits per heavy atom. The highest BCUT2D eigenvalue weighted by Gasteiger charge is 2.22. The van der Waals surface area contributed by atoms with E-state index < -0.39 is 0 Å². The van der Waals surface area contributed by atoms with Gasteiger partial charge in [-0.2, -0.15) is 5.10 Å². The summed E-state index contributed by atoms with van der Waals surface area (Å²) in [6.45, 7) is 11.1. The quantitative estimate of drug-likeness (QED) is 0.379. The summed E-state index contributed by atoms with van der Waals surface area (Å²) in [7, 11) is 0. The zero-order chi connectivity index (χ0) is 24.7. The van der Waals surface area contributed by atoms with Crippen LogP contribution < -0.4 is 10.2 Å². The maximum Gasteiger partial charge on any atom is 0.293 e. The van der Waals surface area contributed by atoms with Crippen LogP contribution in [-0.2, 0) is 20.8 Å². The Balaban J connectivity index is 0.000000489. The number of aromatic nitrogens is 4. The lowest BCUT2D eigenvalue weighted by Gasteiger charge is -2.28. The molecule has 0 spiro atoms. The molecule has 1 aromatic carbocycles. The molecule has 0 unspecified atom stereocenters. The van der Waals surface area contributed by atoms with Crippen LogP contribution in [-0.4, -0.2) is 90.6 Å². The Bertz CT molecular complexity index is 1300. The van der Waals surface area contributed by atoms with E-state index in [0.29, 0.717) is 13.1 Å². The van der Waals surface area contributed by atoms with Gasteiger partial charge in [-0.25, -0.2) is 9.97 Å². The monoisotopic (exact) mass is 509 g/mol. The van der Waals surface area contributed by atoms with Crippen LogP contribution in [0.25, 0.3) is 32.5 Å². The largest absolute Gasteiger partial charge is 0.468 e. The average molecular weight is 510 g/mol. The molecule has 2 fully saturated rings. The van der Waals surface area contributed by atoms with Crippen molar-refractivity contribution in [3.63, 3.8) is 0 Å². The normalized spacial score (nSPS) is 16.6. The minimum Gasteiger partial charge on any atom is -0.468 e. The van der Waals surface area contributed by atoms with Crippen molar-refractivity contribution in [2.45, 2.75) is 13.5 Å². The molecule has 10 nitrogen and oxygen atoms in total. The minimum absolute atomic E-state index is 0.431. The lowest BCUT2D eigenvalue weighted by atomic mass is 10.1. The second kappa shape index (κ2) is 11.7. The smallest absolute Gasteiger partial charge is 0.293 e. The predicted molar refractivity (Wildman–Crippen MR) is 141 cm³/mol. The predicted octanol–water partition coefficient (Wildman–Crippen LogP) is 2.66. The summed E-state index contributed by atoms with van der Waals surface area (Å²) in [4.78, 5) is 25.5. The van der Waals surface area contributed by atoms with Gasteiger partial charge in [0, 0.05) is 61.6 Å². The van der Waals surface area contributed by atoms with Gasteiger partial charge in [-0.1, -0.05) is 12.1 Å². The first-order valence-electron chi connectivity index (χ1n) is 12.3. The molecule has 0 radical (unpaired) electrons. The van der Waals surface area contributed by atoms with E-state index in [1.165, 1.54) is 9.58 Å². The van der Waals surface area contributed by atoms with Crippen LogP contribution in [0.4, 0.5) is 5.82 Å². The summed E-state index contributed by atoms with van der Waals surface area (Å²) in [6, 6.07) is 8.40. The molecule has 0 amide bonds. The Morgan fingerprint density at radius 2 is 2.00 bits per heavy atom. The molecule has 36 heavy (non-hydrogen) atoms. The fraction of sp³-hybridized carbons (Fsp3) is 0.440. The number of aromatic amines is 1. The number of nitrogens with zero attached hydrogens (tertiary/aromatic N) is 5. The van der Waals surface area contributed by atoms with E-state index in [0.717, 1.165) is 92.7 Å². The standard InChI is InChI=1S/C22H25N7OS.C3H6O2/c1-2-16(17-13-24-27-18(17)3-1)21-25-19-12-15(14-28-6-4-23-5-7-28)31-20(19)22(26-21)29-8-10-30-11-9-29;1-2-5-3-4/h1-3,12-13,23H,4-11,14H2,(H,24,27);3H,2H2,1H3. The van der Waals surface area contributed by atoms with Crippen molar-refractivity contribution in [2.24, 2.45) is 0 Å². The summed E-state index contributed by atoms with van der Waals surface area (Å²) < 4.78 is 10.9. The van der Waals surface area contributed by atoms with Gasteiger partial charge in [0.2, 0.25) is 0 Å². The number of benzene rings is 1. The van der Waals surface area contributed by atoms with E-state index in [4.69, 9.17) is 14.7 Å². The number of thiophene rings is 1. The SMILES string of the molecule is CCOC=O.c1cc(-c2nc(N3CCOCC3)c3sc(CN4CCNCC4)cc3n2)c2cn[nH]c2c1. The second-order valence-electron chi connectivity index (χ2n) is 8.61. The molecule has 0 atom stereocenters. The van der Waals surface area contributed by atoms with E-state index in [-0.39, 0.29) is 0 Å². The van der Waals surface area contributed by atoms with Gasteiger partial charge in [0.15, 0.2) is 11.6 Å². The Kier molecular flexibility index (Phi) is 8.01. The first-order valence-corrected chi connectivity index (χ1v) is 13.1. The van der Waals surface area contributed by atoms with E-state index >= 15 is 0 Å². The number of nitrogens with one attached hydrogen (secondary N) is 2. The van der Waals surface area contributed by atoms with E-state index in [1.54, 1.807) is 6.92 Å². The molecule has 11 heteroatoms. The van der Waals surface area contributed by atoms with E-state index in [9.17, 15) is 4.79 Å². The minimum atomic E-state index is 0.431. The number of anilines is 1. The number of H-pyrrole nitrogens is 1. The third-order valence-corrected chi connectivity index (χ3v) is 7.37. The molecule has 0 aliphatic carbocycles. The molecular formula is C25H31N7O3S. The number of hydrogen-bond acceptors (Lipinski definition) is 10. The molecule has 2 N–H and O–H groups in total. The van der Waals surface area contributed by atoms with Crippen molar-refractivity contribution in [3.05, 3.63) is 35.3 Å². The van der Waals surface area contributed by atoms with Crippen molar-refractivity contribution >= 4 is 44.7 Å². The number of piperazine rings is 1. The van der Waals surface area contributed by atoms with Gasteiger partial charge in [0.1, 0.15) is 0 Å². The Morgan fingerprint density at radius 3 is 2.75 bits per heavy atom. The van der Waals surface area contributed by atoms with Gasteiger partial charge in [-0.05, 0) is 19.1 Å². The maximum absolute atomic E-state index is 9.18. The van der Waals surface area contributed by atoms with Crippen molar-refractivity contribution in [1.29, 1.82) is 0 Å². The van der Waals surface area contributed by atoms with Crippen LogP contribution in [0, 0.1) is 0 Å². The van der Waals surface area contributed by atoms with Gasteiger partial charge < -0.3 is 19.7 Å². The summed E-state index contributed by atoms with van der Waals surface area (Å²) in [6.07, 6.45) is 1.86. The maximum atomic E-state index is 9.18. The number of carbonyl (C=O) groups excluding carboxylic acids is 1. The highest BCUT2D eigenvalue weighted by Crippen LogP contribution is 2.36. The molecular weight excluding hydrogens is 478 g/mol. The van der Waals surface area contributed by atoms with Crippen molar-refractivity contribution < 1.29 is 14.3 Å². The number of rotatable bonds is 6. The zero-order valence-corrected chi connectivity index (χ0v) is 21.2. The van der Waals surface area contributed by atoms with Gasteiger partial charge in [0.25, 0.3) is 6.47 Å². The molecule has 2 aliphatic rings. The molecule has 4 aromatic rings. The van der Waals surface area contributed by atoms with Crippen molar-refractivity contribution in [2.75, 3.05) is 64.0 Å². The Labute approximate surface area is 213 Å². The third kappa shape index (κ3) is 5.49. The first kappa shape index (κ1) is 24.6. The number of carbonyl (C=O) groups is 1. The highest BCUT2D eigenvalue weighted by atomic mass is 32.1. The first-order chi connectivity index (χ1) is 17.8. The summed E-state index contributed by atoms with van der Waals surface area (Å²) >= 11 is 1.83. The van der Waals surface area contributed by atoms with Crippen LogP contribution in [0.1, 0.15) is 11.8 Å². The van der Waals surface area contributed by atoms with Gasteiger partial charge in [-0.3, -0.25) is 14.8 Å². The van der Waals surface area contributed by atoms with E-state index in [2.05, 4.69) is 42.2 Å². The summed E-state index contributed by atoms with van der Waals surface area (Å²) in [5, 5.41) is 11.7. The van der Waals surface area contributed by atoms with Gasteiger partial charge in [0.05, 0.1) is 41.8 Å². The third-order valence-electron chi connectivity index (χ3n) is 6.26. The van der Waals surface area contributed by atoms with Crippen LogP contribution >= 0.6 is 11.3 Å². The molecule has 190 valence electrons. The fourth-order valence-corrected chi connectivity index (χ4v) is 5.63. The number of fused-ring (bicyclic) bond motifs is 2. The lowest BCUT2D eigenvalue weighted by Crippen LogP contribution is -2.42. The number of hydrogen-bond donors (Lipinski definition) is 2. The zero-order valence-electron chi connectivity index (χ0n) is 20.4. The fourth-order valence-electron chi connectivity index (χ4n) is 4.47. The van der Waals surface area contributed by atoms with Crippen LogP contribution in [0.15, 0.2) is 30.5 Å². The molecule has 2 aliphatic heterocycles. The second-order valence-corrected chi connectivity index (χ2v) is 9.75. The highest BCUT2D eigenvalue weighted by molar-refractivity contribution is 7.19. The molecule has 3 aromatic heterocycles. The van der Waals surface area contributed by atoms with Crippen LogP contribution in [0.5, 0.6) is 0 Å². The lowest BCUT2D eigenvalue weighted by molar-refractivity contribution is -0.128. The Hall–Kier alpha value is -3.12. The van der Waals surface area contributed by atoms with Crippen molar-refractivity contribution in [1.82, 2.24) is 30.4 Å². The molecule has 6 rings (SSSR count). The summed E-state index contributed by atoms with van der Waals surface area (Å²) in [5.74, 6) is 1.79. The molecule has 0 bridgehead atoms. The molecule has 5 heterocycles. The molecule has 2 saturated heterocycles. The van der Waals surface area contributed by atoms with Crippen LogP contribution in [0.2, 0.25) is 0 Å². The number of morpholine rings is 1. The summed E-state index contributed by atoms with van der Waals surface area (Å²) in [5.41, 5.74) is 3.04. The van der Waals surface area contributed by atoms with Crippen molar-refractivity contribution in [3.8, 4) is 11.4 Å². The number of ether oxygens (including phenoxy) is 2. The topological polar surface area (TPSA) is 108 Å². The molecule has 0 saturated carbocycles. The van der Waals surface area contributed by atoms with E-state index in [1.807, 2.05) is 29.7 Å². The van der Waals surface area contributed by atoms with Gasteiger partial charge >= 0.3 is 0 Å². The van der Waals surface area contributed by atoms with Crippen LogP contribution in [0.3, 0.4) is 0 Å². The van der Waals surface area contributed by atoms with Gasteiger partial charge in [-0.15, -0.1) is 11.3 Å². The average Bonchev–Trinajstić information content (AvgIpc) is 3.56.